The summed E-state index contributed by atoms with van der Waals surface area (Å²) in [5.74, 6) is 0.547. The second-order valence-corrected chi connectivity index (χ2v) is 17.3. The molecule has 0 bridgehead atoms. The molecule has 1 N–H and O–H groups in total. The Labute approximate surface area is 269 Å². The van der Waals surface area contributed by atoms with Crippen molar-refractivity contribution in [3.8, 4) is 11.3 Å². The van der Waals surface area contributed by atoms with Crippen LogP contribution in [0, 0.1) is 31.7 Å². The molecular formula is C37H50IrNO2Si-. The first-order valence-electron chi connectivity index (χ1n) is 16.1. The maximum absolute atomic E-state index is 11.7. The van der Waals surface area contributed by atoms with Crippen LogP contribution in [0.4, 0.5) is 0 Å². The number of aliphatic hydroxyl groups excluding tert-OH is 1. The summed E-state index contributed by atoms with van der Waals surface area (Å²) in [7, 11) is -1.08. The van der Waals surface area contributed by atoms with E-state index >= 15 is 0 Å². The van der Waals surface area contributed by atoms with Gasteiger partial charge in [-0.25, -0.2) is 0 Å². The van der Waals surface area contributed by atoms with E-state index in [9.17, 15) is 9.90 Å². The van der Waals surface area contributed by atoms with E-state index in [0.29, 0.717) is 0 Å². The van der Waals surface area contributed by atoms with Crippen LogP contribution in [0.15, 0.2) is 48.4 Å². The van der Waals surface area contributed by atoms with Gasteiger partial charge in [0.2, 0.25) is 0 Å². The number of aryl methyl sites for hydroxylation is 2. The molecule has 0 atom stereocenters. The first-order valence-corrected chi connectivity index (χ1v) is 18.9. The SMILES string of the molecule is CCC(CC)C(=O)/C=C(\O)C(CC)CC.Cc1[c-]c(-c2nccc3c4c(ccc23)C[Si]2(CCCCC2)C4)cc(C)c1.[Ir]. The number of pyridine rings is 1. The van der Waals surface area contributed by atoms with Crippen molar-refractivity contribution in [2.75, 3.05) is 0 Å². The molecule has 2 aliphatic heterocycles. The molecule has 1 fully saturated rings. The van der Waals surface area contributed by atoms with Gasteiger partial charge in [-0.3, -0.25) is 4.79 Å². The van der Waals surface area contributed by atoms with Gasteiger partial charge in [0.15, 0.2) is 5.78 Å². The minimum Gasteiger partial charge on any atom is -0.512 e. The number of nitrogens with zero attached hydrogens (tertiary/aromatic N) is 1. The number of fused-ring (bicyclic) bond motifs is 3. The molecule has 1 aromatic heterocycles. The molecule has 3 heterocycles. The van der Waals surface area contributed by atoms with Crippen LogP contribution in [0.1, 0.15) is 94.9 Å². The average Bonchev–Trinajstić information content (AvgIpc) is 3.32. The molecular weight excluding hydrogens is 711 g/mol. The van der Waals surface area contributed by atoms with Crippen LogP contribution in [0.2, 0.25) is 12.1 Å². The third kappa shape index (κ3) is 7.90. The van der Waals surface area contributed by atoms with Crippen molar-refractivity contribution in [1.82, 2.24) is 4.98 Å². The fraction of sp³-hybridized carbons (Fsp3) is 0.514. The van der Waals surface area contributed by atoms with Crippen molar-refractivity contribution in [2.45, 2.75) is 111 Å². The normalized spacial score (nSPS) is 15.9. The molecule has 1 spiro atoms. The Bertz CT molecular complexity index is 1360. The molecule has 3 aromatic rings. The maximum atomic E-state index is 11.7. The largest absolute Gasteiger partial charge is 0.512 e. The Balaban J connectivity index is 0.000000263. The van der Waals surface area contributed by atoms with Gasteiger partial charge in [-0.05, 0) is 71.4 Å². The summed E-state index contributed by atoms with van der Waals surface area (Å²) in [6.07, 6.45) is 11.3. The number of carbonyl (C=O) groups excluding carboxylic acids is 1. The summed E-state index contributed by atoms with van der Waals surface area (Å²) in [5.41, 5.74) is 8.01. The van der Waals surface area contributed by atoms with Crippen molar-refractivity contribution >= 4 is 24.6 Å². The van der Waals surface area contributed by atoms with Crippen LogP contribution >= 0.6 is 0 Å². The third-order valence-corrected chi connectivity index (χ3v) is 14.7. The zero-order valence-corrected chi connectivity index (χ0v) is 30.0. The van der Waals surface area contributed by atoms with E-state index in [1.54, 1.807) is 23.2 Å². The van der Waals surface area contributed by atoms with Crippen molar-refractivity contribution in [2.24, 2.45) is 11.8 Å². The molecule has 0 amide bonds. The minimum atomic E-state index is -1.08. The molecule has 2 aromatic carbocycles. The molecule has 42 heavy (non-hydrogen) atoms. The first kappa shape index (κ1) is 34.4. The van der Waals surface area contributed by atoms with E-state index in [2.05, 4.69) is 50.2 Å². The molecule has 3 nitrogen and oxygen atoms in total. The number of allylic oxidation sites excluding steroid dienone is 2. The Hall–Kier alpha value is -2.07. The molecule has 229 valence electrons. The van der Waals surface area contributed by atoms with Gasteiger partial charge < -0.3 is 10.1 Å². The van der Waals surface area contributed by atoms with Crippen molar-refractivity contribution in [3.05, 3.63) is 76.7 Å². The van der Waals surface area contributed by atoms with Crippen LogP contribution in [0.3, 0.4) is 0 Å². The molecule has 2 aliphatic rings. The molecule has 5 rings (SSSR count). The molecule has 0 unspecified atom stereocenters. The predicted molar refractivity (Wildman–Crippen MR) is 176 cm³/mol. The van der Waals surface area contributed by atoms with Crippen molar-refractivity contribution in [1.29, 1.82) is 0 Å². The summed E-state index contributed by atoms with van der Waals surface area (Å²) in [4.78, 5) is 16.5. The van der Waals surface area contributed by atoms with E-state index in [0.717, 1.165) is 36.9 Å². The summed E-state index contributed by atoms with van der Waals surface area (Å²) in [5, 5.41) is 12.5. The van der Waals surface area contributed by atoms with Gasteiger partial charge in [0.25, 0.3) is 0 Å². The predicted octanol–water partition coefficient (Wildman–Crippen LogP) is 10.00. The number of aliphatic hydroxyl groups is 1. The van der Waals surface area contributed by atoms with E-state index in [1.807, 2.05) is 33.9 Å². The molecule has 5 heteroatoms. The first-order chi connectivity index (χ1) is 19.7. The fourth-order valence-electron chi connectivity index (χ4n) is 7.25. The van der Waals surface area contributed by atoms with Gasteiger partial charge in [0, 0.05) is 44.2 Å². The third-order valence-electron chi connectivity index (χ3n) is 9.67. The number of ketones is 1. The Kier molecular flexibility index (Phi) is 12.8. The van der Waals surface area contributed by atoms with Crippen LogP contribution in [-0.4, -0.2) is 23.9 Å². The van der Waals surface area contributed by atoms with Crippen LogP contribution < -0.4 is 0 Å². The summed E-state index contributed by atoms with van der Waals surface area (Å²) < 4.78 is 0. The van der Waals surface area contributed by atoms with E-state index in [-0.39, 0.29) is 43.5 Å². The van der Waals surface area contributed by atoms with Gasteiger partial charge in [-0.2, -0.15) is 0 Å². The van der Waals surface area contributed by atoms with Crippen LogP contribution in [-0.2, 0) is 37.0 Å². The second-order valence-electron chi connectivity index (χ2n) is 12.6. The summed E-state index contributed by atoms with van der Waals surface area (Å²) in [6.45, 7) is 12.4. The Morgan fingerprint density at radius 1 is 0.929 bits per heavy atom. The number of hydrogen-bond acceptors (Lipinski definition) is 3. The number of benzene rings is 2. The van der Waals surface area contributed by atoms with Crippen LogP contribution in [0.5, 0.6) is 0 Å². The van der Waals surface area contributed by atoms with Gasteiger partial charge >= 0.3 is 0 Å². The van der Waals surface area contributed by atoms with Gasteiger partial charge in [-0.1, -0.05) is 85.0 Å². The van der Waals surface area contributed by atoms with E-state index in [4.69, 9.17) is 4.98 Å². The van der Waals surface area contributed by atoms with Gasteiger partial charge in [-0.15, -0.1) is 34.9 Å². The molecule has 1 saturated heterocycles. The standard InChI is InChI=1S/C24H26NSi.C13H24O2.Ir/c1-17-12-18(2)14-20(13-17)24-22-7-6-19-15-26(10-4-3-5-11-26)16-23(19)21(22)8-9-25-24;1-5-10(6-2)12(14)9-13(15)11(7-3)8-4;/h6-9,12-13H,3-5,10-11,15-16H2,1-2H3;9-11,14H,5-8H2,1-4H3;/q-1;;/b;12-9-;. The Morgan fingerprint density at radius 3 is 2.21 bits per heavy atom. The van der Waals surface area contributed by atoms with Gasteiger partial charge in [0.05, 0.1) is 13.8 Å². The van der Waals surface area contributed by atoms with E-state index < -0.39 is 8.07 Å². The summed E-state index contributed by atoms with van der Waals surface area (Å²) in [6, 6.07) is 20.9. The molecule has 0 saturated carbocycles. The molecule has 0 aliphatic carbocycles. The summed E-state index contributed by atoms with van der Waals surface area (Å²) >= 11 is 0. The molecule has 1 radical (unpaired) electrons. The average molecular weight is 761 g/mol. The Morgan fingerprint density at radius 2 is 1.60 bits per heavy atom. The monoisotopic (exact) mass is 761 g/mol. The van der Waals surface area contributed by atoms with E-state index in [1.165, 1.54) is 59.3 Å². The van der Waals surface area contributed by atoms with Crippen molar-refractivity contribution in [3.63, 3.8) is 0 Å². The maximum Gasteiger partial charge on any atom is 0.162 e. The quantitative estimate of drug-likeness (QED) is 0.108. The number of carbonyl (C=O) groups is 1. The smallest absolute Gasteiger partial charge is 0.162 e. The number of rotatable bonds is 8. The van der Waals surface area contributed by atoms with Crippen LogP contribution in [0.25, 0.3) is 22.0 Å². The zero-order valence-electron chi connectivity index (χ0n) is 26.6. The van der Waals surface area contributed by atoms with Gasteiger partial charge in [0.1, 0.15) is 0 Å². The minimum absolute atomic E-state index is 0. The number of aromatic nitrogens is 1. The van der Waals surface area contributed by atoms with Crippen molar-refractivity contribution < 1.29 is 30.0 Å². The topological polar surface area (TPSA) is 50.2 Å². The fourth-order valence-corrected chi connectivity index (χ4v) is 12.6. The number of hydrogen-bond donors (Lipinski definition) is 1. The second kappa shape index (κ2) is 15.6. The zero-order chi connectivity index (χ0) is 29.6.